The van der Waals surface area contributed by atoms with Gasteiger partial charge in [0.25, 0.3) is 0 Å². The second-order valence-electron chi connectivity index (χ2n) is 6.16. The van der Waals surface area contributed by atoms with E-state index >= 15 is 0 Å². The number of halogens is 3. The Morgan fingerprint density at radius 2 is 1.96 bits per heavy atom. The van der Waals surface area contributed by atoms with E-state index in [1.807, 2.05) is 4.90 Å². The molecule has 2 fully saturated rings. The smallest absolute Gasteiger partial charge is 0.354 e. The van der Waals surface area contributed by atoms with Crippen molar-refractivity contribution in [3.63, 3.8) is 0 Å². The van der Waals surface area contributed by atoms with Crippen molar-refractivity contribution in [1.29, 1.82) is 0 Å². The lowest BCUT2D eigenvalue weighted by molar-refractivity contribution is -0.137. The Bertz CT molecular complexity index is 648. The maximum absolute atomic E-state index is 13.0. The van der Waals surface area contributed by atoms with Crippen molar-refractivity contribution in [3.05, 3.63) is 29.8 Å². The number of para-hydroxylation sites is 1. The molecule has 0 unspecified atom stereocenters. The second kappa shape index (κ2) is 6.43. The molecule has 3 rings (SSSR count). The van der Waals surface area contributed by atoms with Crippen LogP contribution in [0.4, 0.5) is 18.9 Å². The Morgan fingerprint density at radius 3 is 2.71 bits per heavy atom. The quantitative estimate of drug-likeness (QED) is 0.884. The van der Waals surface area contributed by atoms with Crippen molar-refractivity contribution in [2.45, 2.75) is 37.5 Å². The number of hydrogen-bond acceptors (Lipinski definition) is 3. The lowest BCUT2D eigenvalue weighted by Gasteiger charge is -2.26. The van der Waals surface area contributed by atoms with Gasteiger partial charge in [-0.15, -0.1) is 0 Å². The van der Waals surface area contributed by atoms with Crippen LogP contribution in [0.1, 0.15) is 24.8 Å². The van der Waals surface area contributed by atoms with E-state index in [9.17, 15) is 22.8 Å². The maximum Gasteiger partial charge on any atom is 0.418 e. The van der Waals surface area contributed by atoms with Crippen LogP contribution in [0.25, 0.3) is 0 Å². The molecule has 0 saturated carbocycles. The zero-order valence-electron chi connectivity index (χ0n) is 12.9. The molecule has 2 amide bonds. The fraction of sp³-hybridized carbons (Fsp3) is 0.500. The van der Waals surface area contributed by atoms with Gasteiger partial charge in [-0.25, -0.2) is 0 Å². The van der Waals surface area contributed by atoms with Crippen LogP contribution in [-0.2, 0) is 15.8 Å². The first-order valence-electron chi connectivity index (χ1n) is 7.83. The molecule has 2 saturated heterocycles. The Labute approximate surface area is 137 Å². The largest absolute Gasteiger partial charge is 0.418 e. The SMILES string of the molecule is O=C1C[C@@H]2CC[C@H](CN1)N2CC(=O)Nc1ccccc1C(F)(F)F. The molecule has 0 spiro atoms. The van der Waals surface area contributed by atoms with E-state index in [-0.39, 0.29) is 30.2 Å². The Hall–Kier alpha value is -2.09. The minimum absolute atomic E-state index is 0.0174. The number of anilines is 1. The van der Waals surface area contributed by atoms with Crippen LogP contribution in [0.15, 0.2) is 24.3 Å². The van der Waals surface area contributed by atoms with Crippen molar-refractivity contribution in [1.82, 2.24) is 10.2 Å². The van der Waals surface area contributed by atoms with Gasteiger partial charge in [-0.05, 0) is 25.0 Å². The number of alkyl halides is 3. The van der Waals surface area contributed by atoms with E-state index in [4.69, 9.17) is 0 Å². The lowest BCUT2D eigenvalue weighted by atomic mass is 10.1. The molecule has 2 bridgehead atoms. The van der Waals surface area contributed by atoms with Gasteiger partial charge in [0.2, 0.25) is 11.8 Å². The van der Waals surface area contributed by atoms with Crippen LogP contribution in [-0.4, -0.2) is 41.9 Å². The first-order valence-corrected chi connectivity index (χ1v) is 7.83. The highest BCUT2D eigenvalue weighted by molar-refractivity contribution is 5.93. The Balaban J connectivity index is 1.70. The summed E-state index contributed by atoms with van der Waals surface area (Å²) in [7, 11) is 0. The van der Waals surface area contributed by atoms with Crippen LogP contribution < -0.4 is 10.6 Å². The van der Waals surface area contributed by atoms with Crippen LogP contribution in [0.5, 0.6) is 0 Å². The summed E-state index contributed by atoms with van der Waals surface area (Å²) in [4.78, 5) is 25.8. The van der Waals surface area contributed by atoms with Gasteiger partial charge < -0.3 is 10.6 Å². The van der Waals surface area contributed by atoms with E-state index in [0.29, 0.717) is 13.0 Å². The van der Waals surface area contributed by atoms with Crippen molar-refractivity contribution in [2.75, 3.05) is 18.4 Å². The molecule has 2 atom stereocenters. The number of fused-ring (bicyclic) bond motifs is 2. The van der Waals surface area contributed by atoms with Gasteiger partial charge >= 0.3 is 6.18 Å². The summed E-state index contributed by atoms with van der Waals surface area (Å²) in [6.07, 6.45) is -2.51. The molecule has 2 heterocycles. The van der Waals surface area contributed by atoms with Gasteiger partial charge in [0, 0.05) is 25.0 Å². The van der Waals surface area contributed by atoms with E-state index in [1.54, 1.807) is 0 Å². The molecule has 2 N–H and O–H groups in total. The second-order valence-corrected chi connectivity index (χ2v) is 6.16. The number of carbonyl (C=O) groups is 2. The zero-order chi connectivity index (χ0) is 17.3. The molecule has 0 radical (unpaired) electrons. The summed E-state index contributed by atoms with van der Waals surface area (Å²) in [6.45, 7) is 0.457. The summed E-state index contributed by atoms with van der Waals surface area (Å²) in [6, 6.07) is 4.94. The number of hydrogen-bond donors (Lipinski definition) is 2. The average Bonchev–Trinajstić information content (AvgIpc) is 2.78. The van der Waals surface area contributed by atoms with Crippen LogP contribution in [0.2, 0.25) is 0 Å². The standard InChI is InChI=1S/C16H18F3N3O2/c17-16(18,19)12-3-1-2-4-13(12)21-15(24)9-22-10-5-6-11(22)8-20-14(23)7-10/h1-4,10-11H,5-9H2,(H,20,23)(H,21,24)/t10-,11+/m0/s1. The number of benzene rings is 1. The molecule has 130 valence electrons. The number of amides is 2. The highest BCUT2D eigenvalue weighted by atomic mass is 19.4. The summed E-state index contributed by atoms with van der Waals surface area (Å²) < 4.78 is 38.9. The van der Waals surface area contributed by atoms with Crippen molar-refractivity contribution < 1.29 is 22.8 Å². The highest BCUT2D eigenvalue weighted by Gasteiger charge is 2.38. The molecule has 1 aromatic carbocycles. The fourth-order valence-electron chi connectivity index (χ4n) is 3.42. The predicted octanol–water partition coefficient (Wildman–Crippen LogP) is 2.00. The minimum atomic E-state index is -4.53. The molecule has 8 heteroatoms. The van der Waals surface area contributed by atoms with E-state index in [1.165, 1.54) is 18.2 Å². The summed E-state index contributed by atoms with van der Waals surface area (Å²) in [5, 5.41) is 5.16. The van der Waals surface area contributed by atoms with E-state index in [2.05, 4.69) is 10.6 Å². The van der Waals surface area contributed by atoms with Gasteiger partial charge in [-0.3, -0.25) is 14.5 Å². The topological polar surface area (TPSA) is 61.4 Å². The molecular weight excluding hydrogens is 323 g/mol. The molecule has 0 aliphatic carbocycles. The first-order chi connectivity index (χ1) is 11.3. The van der Waals surface area contributed by atoms with Gasteiger partial charge in [0.1, 0.15) is 0 Å². The lowest BCUT2D eigenvalue weighted by Crippen LogP contribution is -2.43. The third-order valence-corrected chi connectivity index (χ3v) is 4.56. The molecule has 0 aromatic heterocycles. The molecule has 2 aliphatic heterocycles. The van der Waals surface area contributed by atoms with Gasteiger partial charge in [0.15, 0.2) is 0 Å². The molecule has 2 aliphatic rings. The Kier molecular flexibility index (Phi) is 4.49. The van der Waals surface area contributed by atoms with Crippen molar-refractivity contribution in [3.8, 4) is 0 Å². The maximum atomic E-state index is 13.0. The monoisotopic (exact) mass is 341 g/mol. The third kappa shape index (κ3) is 3.53. The molecule has 1 aromatic rings. The van der Waals surface area contributed by atoms with E-state index in [0.717, 1.165) is 18.9 Å². The normalized spacial score (nSPS) is 24.4. The average molecular weight is 341 g/mol. The number of nitrogens with zero attached hydrogens (tertiary/aromatic N) is 1. The number of carbonyl (C=O) groups excluding carboxylic acids is 2. The third-order valence-electron chi connectivity index (χ3n) is 4.56. The summed E-state index contributed by atoms with van der Waals surface area (Å²) in [5.41, 5.74) is -1.11. The van der Waals surface area contributed by atoms with Crippen molar-refractivity contribution in [2.24, 2.45) is 0 Å². The summed E-state index contributed by atoms with van der Waals surface area (Å²) >= 11 is 0. The first kappa shape index (κ1) is 16.8. The summed E-state index contributed by atoms with van der Waals surface area (Å²) in [5.74, 6) is -0.548. The Morgan fingerprint density at radius 1 is 1.25 bits per heavy atom. The van der Waals surface area contributed by atoms with Gasteiger partial charge in [-0.1, -0.05) is 12.1 Å². The molecule has 24 heavy (non-hydrogen) atoms. The van der Waals surface area contributed by atoms with Gasteiger partial charge in [-0.2, -0.15) is 13.2 Å². The van der Waals surface area contributed by atoms with Crippen LogP contribution in [0, 0.1) is 0 Å². The van der Waals surface area contributed by atoms with Crippen LogP contribution >= 0.6 is 0 Å². The number of nitrogens with one attached hydrogen (secondary N) is 2. The predicted molar refractivity (Wildman–Crippen MR) is 81.2 cm³/mol. The molecular formula is C16H18F3N3O2. The van der Waals surface area contributed by atoms with E-state index < -0.39 is 17.6 Å². The zero-order valence-corrected chi connectivity index (χ0v) is 12.9. The fourth-order valence-corrected chi connectivity index (χ4v) is 3.42. The van der Waals surface area contributed by atoms with Gasteiger partial charge in [0.05, 0.1) is 17.8 Å². The molecule has 5 nitrogen and oxygen atoms in total. The van der Waals surface area contributed by atoms with Crippen molar-refractivity contribution >= 4 is 17.5 Å². The minimum Gasteiger partial charge on any atom is -0.354 e. The van der Waals surface area contributed by atoms with Crippen LogP contribution in [0.3, 0.4) is 0 Å². The number of rotatable bonds is 3. The highest BCUT2D eigenvalue weighted by Crippen LogP contribution is 2.34.